The third-order valence-corrected chi connectivity index (χ3v) is 3.31. The molecule has 0 aliphatic heterocycles. The SMILES string of the molecule is CCc1c(CCl)cnn1-c1cc(C)ccc1C. The number of alkyl halides is 1. The van der Waals surface area contributed by atoms with Crippen molar-refractivity contribution >= 4 is 11.6 Å². The van der Waals surface area contributed by atoms with E-state index < -0.39 is 0 Å². The largest absolute Gasteiger partial charge is 0.237 e. The molecule has 1 heterocycles. The van der Waals surface area contributed by atoms with Gasteiger partial charge in [0, 0.05) is 11.3 Å². The summed E-state index contributed by atoms with van der Waals surface area (Å²) in [5, 5.41) is 4.46. The Bertz CT molecular complexity index is 529. The summed E-state index contributed by atoms with van der Waals surface area (Å²) in [6.45, 7) is 6.34. The van der Waals surface area contributed by atoms with E-state index in [0.717, 1.165) is 17.7 Å². The Hall–Kier alpha value is -1.28. The van der Waals surface area contributed by atoms with Crippen LogP contribution in [0.3, 0.4) is 0 Å². The molecule has 0 aliphatic rings. The van der Waals surface area contributed by atoms with Gasteiger partial charge in [-0.3, -0.25) is 0 Å². The molecule has 2 nitrogen and oxygen atoms in total. The van der Waals surface area contributed by atoms with Crippen LogP contribution in [-0.4, -0.2) is 9.78 Å². The molecule has 0 bridgehead atoms. The van der Waals surface area contributed by atoms with Crippen LogP contribution in [0.4, 0.5) is 0 Å². The number of aromatic nitrogens is 2. The smallest absolute Gasteiger partial charge is 0.0680 e. The van der Waals surface area contributed by atoms with Crippen molar-refractivity contribution in [1.82, 2.24) is 9.78 Å². The van der Waals surface area contributed by atoms with E-state index in [-0.39, 0.29) is 0 Å². The van der Waals surface area contributed by atoms with Gasteiger partial charge in [-0.05, 0) is 37.5 Å². The summed E-state index contributed by atoms with van der Waals surface area (Å²) in [5.74, 6) is 0.522. The lowest BCUT2D eigenvalue weighted by Crippen LogP contribution is -2.04. The van der Waals surface area contributed by atoms with E-state index in [2.05, 4.69) is 44.1 Å². The van der Waals surface area contributed by atoms with Crippen LogP contribution in [-0.2, 0) is 12.3 Å². The van der Waals surface area contributed by atoms with E-state index in [1.807, 2.05) is 10.9 Å². The van der Waals surface area contributed by atoms with Gasteiger partial charge >= 0.3 is 0 Å². The number of benzene rings is 1. The van der Waals surface area contributed by atoms with Crippen LogP contribution in [0, 0.1) is 13.8 Å². The highest BCUT2D eigenvalue weighted by atomic mass is 35.5. The average Bonchev–Trinajstić information content (AvgIpc) is 2.74. The van der Waals surface area contributed by atoms with Gasteiger partial charge in [0.15, 0.2) is 0 Å². The molecule has 0 spiro atoms. The van der Waals surface area contributed by atoms with Crippen molar-refractivity contribution < 1.29 is 0 Å². The van der Waals surface area contributed by atoms with Crippen LogP contribution in [0.5, 0.6) is 0 Å². The van der Waals surface area contributed by atoms with Gasteiger partial charge in [0.05, 0.1) is 17.8 Å². The van der Waals surface area contributed by atoms with Gasteiger partial charge in [0.1, 0.15) is 0 Å². The predicted molar refractivity (Wildman–Crippen MR) is 72.0 cm³/mol. The Labute approximate surface area is 107 Å². The molecule has 0 atom stereocenters. The number of halogens is 1. The summed E-state index contributed by atoms with van der Waals surface area (Å²) in [5.41, 5.74) is 5.95. The molecule has 0 amide bonds. The van der Waals surface area contributed by atoms with Crippen molar-refractivity contribution in [3.63, 3.8) is 0 Å². The highest BCUT2D eigenvalue weighted by Gasteiger charge is 2.11. The molecule has 0 unspecified atom stereocenters. The average molecular weight is 249 g/mol. The number of rotatable bonds is 3. The maximum absolute atomic E-state index is 5.93. The lowest BCUT2D eigenvalue weighted by molar-refractivity contribution is 0.805. The zero-order valence-corrected chi connectivity index (χ0v) is 11.3. The van der Waals surface area contributed by atoms with E-state index in [9.17, 15) is 0 Å². The van der Waals surface area contributed by atoms with Crippen molar-refractivity contribution in [3.8, 4) is 5.69 Å². The first-order valence-corrected chi connectivity index (χ1v) is 6.40. The molecular formula is C14H17ClN2. The maximum atomic E-state index is 5.93. The fourth-order valence-electron chi connectivity index (χ4n) is 2.05. The highest BCUT2D eigenvalue weighted by Crippen LogP contribution is 2.21. The third kappa shape index (κ3) is 2.22. The molecular weight excluding hydrogens is 232 g/mol. The van der Waals surface area contributed by atoms with Gasteiger partial charge in [0.2, 0.25) is 0 Å². The Morgan fingerprint density at radius 3 is 2.71 bits per heavy atom. The highest BCUT2D eigenvalue weighted by molar-refractivity contribution is 6.17. The van der Waals surface area contributed by atoms with Crippen LogP contribution in [0.1, 0.15) is 29.3 Å². The van der Waals surface area contributed by atoms with E-state index in [1.165, 1.54) is 16.8 Å². The topological polar surface area (TPSA) is 17.8 Å². The van der Waals surface area contributed by atoms with E-state index in [4.69, 9.17) is 11.6 Å². The lowest BCUT2D eigenvalue weighted by Gasteiger charge is -2.11. The van der Waals surface area contributed by atoms with Crippen molar-refractivity contribution in [2.45, 2.75) is 33.1 Å². The fourth-order valence-corrected chi connectivity index (χ4v) is 2.27. The first kappa shape index (κ1) is 12.2. The lowest BCUT2D eigenvalue weighted by atomic mass is 10.1. The standard InChI is InChI=1S/C14H17ClN2/c1-4-13-12(8-15)9-16-17(13)14-7-10(2)5-6-11(14)3/h5-7,9H,4,8H2,1-3H3. The van der Waals surface area contributed by atoms with Gasteiger partial charge in [-0.25, -0.2) is 4.68 Å². The van der Waals surface area contributed by atoms with Gasteiger partial charge in [0.25, 0.3) is 0 Å². The van der Waals surface area contributed by atoms with E-state index in [1.54, 1.807) is 0 Å². The zero-order chi connectivity index (χ0) is 12.4. The van der Waals surface area contributed by atoms with Gasteiger partial charge in [-0.1, -0.05) is 19.1 Å². The Balaban J connectivity index is 2.59. The second kappa shape index (κ2) is 4.92. The molecule has 0 saturated heterocycles. The van der Waals surface area contributed by atoms with E-state index >= 15 is 0 Å². The summed E-state index contributed by atoms with van der Waals surface area (Å²) < 4.78 is 2.01. The first-order valence-electron chi connectivity index (χ1n) is 5.86. The molecule has 0 saturated carbocycles. The second-order valence-corrected chi connectivity index (χ2v) is 4.57. The molecule has 2 rings (SSSR count). The maximum Gasteiger partial charge on any atom is 0.0680 e. The van der Waals surface area contributed by atoms with E-state index in [0.29, 0.717) is 5.88 Å². The second-order valence-electron chi connectivity index (χ2n) is 4.31. The van der Waals surface area contributed by atoms with Crippen LogP contribution in [0.15, 0.2) is 24.4 Å². The summed E-state index contributed by atoms with van der Waals surface area (Å²) >= 11 is 5.93. The summed E-state index contributed by atoms with van der Waals surface area (Å²) in [6, 6.07) is 6.42. The first-order chi connectivity index (χ1) is 8.17. The summed E-state index contributed by atoms with van der Waals surface area (Å²) in [6.07, 6.45) is 2.81. The molecule has 90 valence electrons. The van der Waals surface area contributed by atoms with Crippen molar-refractivity contribution in [3.05, 3.63) is 46.8 Å². The normalized spacial score (nSPS) is 10.8. The predicted octanol–water partition coefficient (Wildman–Crippen LogP) is 3.79. The number of nitrogens with zero attached hydrogens (tertiary/aromatic N) is 2. The molecule has 0 N–H and O–H groups in total. The minimum Gasteiger partial charge on any atom is -0.237 e. The number of hydrogen-bond donors (Lipinski definition) is 0. The fraction of sp³-hybridized carbons (Fsp3) is 0.357. The molecule has 17 heavy (non-hydrogen) atoms. The minimum atomic E-state index is 0.522. The molecule has 1 aromatic carbocycles. The molecule has 0 aliphatic carbocycles. The van der Waals surface area contributed by atoms with Crippen LogP contribution >= 0.6 is 11.6 Å². The summed E-state index contributed by atoms with van der Waals surface area (Å²) in [7, 11) is 0. The Morgan fingerprint density at radius 2 is 2.06 bits per heavy atom. The third-order valence-electron chi connectivity index (χ3n) is 3.03. The van der Waals surface area contributed by atoms with Crippen LogP contribution < -0.4 is 0 Å². The molecule has 1 aromatic heterocycles. The summed E-state index contributed by atoms with van der Waals surface area (Å²) in [4.78, 5) is 0. The quantitative estimate of drug-likeness (QED) is 0.756. The van der Waals surface area contributed by atoms with Gasteiger partial charge in [-0.15, -0.1) is 11.6 Å². The number of hydrogen-bond acceptors (Lipinski definition) is 1. The monoisotopic (exact) mass is 248 g/mol. The van der Waals surface area contributed by atoms with Gasteiger partial charge in [-0.2, -0.15) is 5.10 Å². The van der Waals surface area contributed by atoms with Crippen LogP contribution in [0.25, 0.3) is 5.69 Å². The minimum absolute atomic E-state index is 0.522. The Kier molecular flexibility index (Phi) is 3.53. The molecule has 0 radical (unpaired) electrons. The van der Waals surface area contributed by atoms with Crippen molar-refractivity contribution in [2.75, 3.05) is 0 Å². The zero-order valence-electron chi connectivity index (χ0n) is 10.5. The molecule has 0 fully saturated rings. The van der Waals surface area contributed by atoms with Crippen LogP contribution in [0.2, 0.25) is 0 Å². The van der Waals surface area contributed by atoms with Gasteiger partial charge < -0.3 is 0 Å². The van der Waals surface area contributed by atoms with Crippen molar-refractivity contribution in [2.24, 2.45) is 0 Å². The number of aryl methyl sites for hydroxylation is 2. The molecule has 2 aromatic rings. The molecule has 3 heteroatoms. The Morgan fingerprint density at radius 1 is 1.29 bits per heavy atom. The van der Waals surface area contributed by atoms with Crippen molar-refractivity contribution in [1.29, 1.82) is 0 Å².